The quantitative estimate of drug-likeness (QED) is 0.0356. The number of hydrogen-bond donors (Lipinski definition) is 2. The van der Waals surface area contributed by atoms with Crippen LogP contribution in [0.1, 0.15) is 73.6 Å². The van der Waals surface area contributed by atoms with E-state index in [0.29, 0.717) is 26.2 Å². The van der Waals surface area contributed by atoms with E-state index < -0.39 is 0 Å². The van der Waals surface area contributed by atoms with Crippen LogP contribution in [0.2, 0.25) is 0 Å². The van der Waals surface area contributed by atoms with Gasteiger partial charge in [0.05, 0.1) is 0 Å². The summed E-state index contributed by atoms with van der Waals surface area (Å²) in [4.78, 5) is 30.2. The van der Waals surface area contributed by atoms with Crippen molar-refractivity contribution >= 4 is 55.3 Å². The van der Waals surface area contributed by atoms with E-state index in [1.807, 2.05) is 92.1 Å². The van der Waals surface area contributed by atoms with E-state index in [-0.39, 0.29) is 25.4 Å². The van der Waals surface area contributed by atoms with Crippen LogP contribution in [-0.2, 0) is 35.8 Å². The second-order valence-electron chi connectivity index (χ2n) is 16.3. The predicted molar refractivity (Wildman–Crippen MR) is 270 cm³/mol. The third kappa shape index (κ3) is 17.9. The van der Waals surface area contributed by atoms with Gasteiger partial charge >= 0.3 is 12.2 Å². The largest absolute Gasteiger partial charge is 0.445 e. The Balaban J connectivity index is 0.760. The summed E-state index contributed by atoms with van der Waals surface area (Å²) in [6, 6.07) is 49.3. The van der Waals surface area contributed by atoms with Gasteiger partial charge < -0.3 is 29.9 Å². The first kappa shape index (κ1) is 48.5. The lowest BCUT2D eigenvalue weighted by Crippen LogP contribution is -2.32. The molecule has 6 aromatic carbocycles. The zero-order valence-electron chi connectivity index (χ0n) is 37.3. The lowest BCUT2D eigenvalue weighted by atomic mass is 10.1. The van der Waals surface area contributed by atoms with Crippen molar-refractivity contribution in [2.24, 2.45) is 0 Å². The van der Waals surface area contributed by atoms with Gasteiger partial charge in [0, 0.05) is 50.8 Å². The van der Waals surface area contributed by atoms with Crippen LogP contribution in [0.4, 0.5) is 9.59 Å². The van der Waals surface area contributed by atoms with Gasteiger partial charge in [-0.25, -0.2) is 9.59 Å². The average Bonchev–Trinajstić information content (AvgIpc) is 3.34. The van der Waals surface area contributed by atoms with E-state index in [0.717, 1.165) is 111 Å². The first-order valence-corrected chi connectivity index (χ1v) is 25.6. The highest BCUT2D eigenvalue weighted by molar-refractivity contribution is 8.76. The van der Waals surface area contributed by atoms with Crippen LogP contribution in [0.5, 0.6) is 0 Å². The molecule has 10 heteroatoms. The molecule has 0 heterocycles. The Hall–Kier alpha value is -5.00. The Morgan fingerprint density at radius 1 is 0.406 bits per heavy atom. The van der Waals surface area contributed by atoms with Gasteiger partial charge in [-0.2, -0.15) is 0 Å². The fourth-order valence-electron chi connectivity index (χ4n) is 7.61. The lowest BCUT2D eigenvalue weighted by Gasteiger charge is -2.22. The summed E-state index contributed by atoms with van der Waals surface area (Å²) in [6.45, 7) is 7.07. The normalized spacial score (nSPS) is 11.2. The molecule has 0 fully saturated rings. The summed E-state index contributed by atoms with van der Waals surface area (Å²) in [6.07, 6.45) is 8.09. The van der Waals surface area contributed by atoms with Gasteiger partial charge in [-0.1, -0.05) is 181 Å². The van der Waals surface area contributed by atoms with Crippen molar-refractivity contribution in [2.75, 3.05) is 50.8 Å². The van der Waals surface area contributed by atoms with Crippen molar-refractivity contribution in [2.45, 2.75) is 77.7 Å². The molecule has 0 aliphatic rings. The van der Waals surface area contributed by atoms with Crippen molar-refractivity contribution < 1.29 is 19.1 Å². The van der Waals surface area contributed by atoms with E-state index in [4.69, 9.17) is 9.47 Å². The van der Waals surface area contributed by atoms with E-state index >= 15 is 0 Å². The Morgan fingerprint density at radius 2 is 0.797 bits per heavy atom. The maximum atomic E-state index is 13.2. The number of ether oxygens (including phenoxy) is 2. The SMILES string of the molecule is O=C(OCc1ccccc1)N(CCCCCCNCCSSCCNCCCCCCN(Cc1ccc2ccccc2c1)C(=O)OCc1ccccc1)Cc1ccc2ccccc2c1. The number of unbranched alkanes of at least 4 members (excludes halogenated alkanes) is 6. The summed E-state index contributed by atoms with van der Waals surface area (Å²) in [5, 5.41) is 12.0. The number of nitrogens with zero attached hydrogens (tertiary/aromatic N) is 2. The van der Waals surface area contributed by atoms with Gasteiger partial charge in [0.2, 0.25) is 0 Å². The summed E-state index contributed by atoms with van der Waals surface area (Å²) in [7, 11) is 3.88. The molecule has 0 aliphatic carbocycles. The first-order valence-electron chi connectivity index (χ1n) is 23.1. The van der Waals surface area contributed by atoms with Crippen LogP contribution in [-0.4, -0.2) is 72.8 Å². The topological polar surface area (TPSA) is 83.1 Å². The number of amides is 2. The Bertz CT molecular complexity index is 2090. The third-order valence-corrected chi connectivity index (χ3v) is 13.6. The molecular weight excluding hydrogens is 833 g/mol. The summed E-state index contributed by atoms with van der Waals surface area (Å²) >= 11 is 0. The van der Waals surface area contributed by atoms with Crippen LogP contribution in [0.25, 0.3) is 21.5 Å². The number of nitrogens with one attached hydrogen (secondary N) is 2. The highest BCUT2D eigenvalue weighted by Gasteiger charge is 2.17. The third-order valence-electron chi connectivity index (χ3n) is 11.2. The molecule has 0 aliphatic heterocycles. The zero-order chi connectivity index (χ0) is 44.3. The first-order chi connectivity index (χ1) is 31.6. The molecule has 0 radical (unpaired) electrons. The molecule has 0 spiro atoms. The maximum Gasteiger partial charge on any atom is 0.410 e. The standard InChI is InChI=1S/C54H66N4O4S2/c59-53(61-43-45-19-7-5-8-20-45)57(41-47-27-29-49-23-11-13-25-51(49)39-47)35-17-3-1-15-31-55-33-37-63-64-38-34-56-32-16-2-4-18-36-58(54(60)62-44-46-21-9-6-10-22-46)42-48-28-30-50-24-12-14-26-52(50)40-48/h5-14,19-30,39-40,55-56H,1-4,15-18,31-38,41-44H2. The van der Waals surface area contributed by atoms with Gasteiger partial charge in [-0.3, -0.25) is 0 Å². The van der Waals surface area contributed by atoms with Crippen LogP contribution in [0, 0.1) is 0 Å². The fraction of sp³-hybridized carbons (Fsp3) is 0.370. The summed E-state index contributed by atoms with van der Waals surface area (Å²) < 4.78 is 11.5. The van der Waals surface area contributed by atoms with E-state index in [9.17, 15) is 9.59 Å². The van der Waals surface area contributed by atoms with E-state index in [1.54, 1.807) is 0 Å². The number of rotatable bonds is 29. The molecule has 0 bridgehead atoms. The van der Waals surface area contributed by atoms with Crippen molar-refractivity contribution in [1.29, 1.82) is 0 Å². The average molecular weight is 899 g/mol. The van der Waals surface area contributed by atoms with Gasteiger partial charge in [0.1, 0.15) is 13.2 Å². The Morgan fingerprint density at radius 3 is 1.23 bits per heavy atom. The summed E-state index contributed by atoms with van der Waals surface area (Å²) in [5.41, 5.74) is 4.22. The highest BCUT2D eigenvalue weighted by Crippen LogP contribution is 2.21. The molecular formula is C54H66N4O4S2. The summed E-state index contributed by atoms with van der Waals surface area (Å²) in [5.74, 6) is 2.19. The molecule has 0 saturated carbocycles. The van der Waals surface area contributed by atoms with Crippen LogP contribution in [0.15, 0.2) is 146 Å². The number of hydrogen-bond acceptors (Lipinski definition) is 8. The van der Waals surface area contributed by atoms with E-state index in [2.05, 4.69) is 95.6 Å². The monoisotopic (exact) mass is 898 g/mol. The predicted octanol–water partition coefficient (Wildman–Crippen LogP) is 12.7. The Kier molecular flexibility index (Phi) is 21.7. The minimum atomic E-state index is -0.259. The molecule has 8 nitrogen and oxygen atoms in total. The maximum absolute atomic E-state index is 13.2. The van der Waals surface area contributed by atoms with Crippen molar-refractivity contribution in [1.82, 2.24) is 20.4 Å². The van der Waals surface area contributed by atoms with Gasteiger partial charge in [0.25, 0.3) is 0 Å². The van der Waals surface area contributed by atoms with Crippen molar-refractivity contribution in [3.8, 4) is 0 Å². The second-order valence-corrected chi connectivity index (χ2v) is 19.0. The van der Waals surface area contributed by atoms with Crippen LogP contribution >= 0.6 is 21.6 Å². The lowest BCUT2D eigenvalue weighted by molar-refractivity contribution is 0.0923. The second kappa shape index (κ2) is 28.7. The highest BCUT2D eigenvalue weighted by atomic mass is 33.1. The molecule has 2 N–H and O–H groups in total. The van der Waals surface area contributed by atoms with Gasteiger partial charge in [-0.15, -0.1) is 0 Å². The number of carbonyl (C=O) groups excluding carboxylic acids is 2. The molecule has 64 heavy (non-hydrogen) atoms. The minimum Gasteiger partial charge on any atom is -0.445 e. The number of fused-ring (bicyclic) bond motifs is 2. The van der Waals surface area contributed by atoms with Crippen LogP contribution < -0.4 is 10.6 Å². The molecule has 0 saturated heterocycles. The molecule has 0 unspecified atom stereocenters. The van der Waals surface area contributed by atoms with Crippen molar-refractivity contribution in [3.05, 3.63) is 168 Å². The molecule has 2 amide bonds. The Labute approximate surface area is 389 Å². The van der Waals surface area contributed by atoms with Gasteiger partial charge in [0.15, 0.2) is 0 Å². The number of carbonyl (C=O) groups is 2. The number of benzene rings is 6. The van der Waals surface area contributed by atoms with Gasteiger partial charge in [-0.05, 0) is 94.7 Å². The molecule has 0 atom stereocenters. The minimum absolute atomic E-state index is 0.259. The van der Waals surface area contributed by atoms with Crippen molar-refractivity contribution in [3.63, 3.8) is 0 Å². The van der Waals surface area contributed by atoms with E-state index in [1.165, 1.54) is 21.5 Å². The molecule has 6 rings (SSSR count). The molecule has 6 aromatic rings. The molecule has 0 aromatic heterocycles. The molecule has 338 valence electrons. The fourth-order valence-corrected chi connectivity index (χ4v) is 9.51. The zero-order valence-corrected chi connectivity index (χ0v) is 39.0. The van der Waals surface area contributed by atoms with Crippen LogP contribution in [0.3, 0.4) is 0 Å². The smallest absolute Gasteiger partial charge is 0.410 e.